The number of nitrogens with zero attached hydrogens (tertiary/aromatic N) is 1. The molecule has 2 N–H and O–H groups in total. The van der Waals surface area contributed by atoms with Gasteiger partial charge in [0.2, 0.25) is 0 Å². The Bertz CT molecular complexity index is 429. The number of ether oxygens (including phenoxy) is 1. The molecule has 0 spiro atoms. The van der Waals surface area contributed by atoms with Crippen molar-refractivity contribution in [2.24, 2.45) is 0 Å². The van der Waals surface area contributed by atoms with Gasteiger partial charge in [-0.15, -0.1) is 0 Å². The molecule has 1 rings (SSSR count). The van der Waals surface area contributed by atoms with E-state index in [1.807, 2.05) is 19.9 Å². The van der Waals surface area contributed by atoms with Crippen molar-refractivity contribution in [1.82, 2.24) is 0 Å². The van der Waals surface area contributed by atoms with Gasteiger partial charge in [0, 0.05) is 6.54 Å². The molecular formula is C13H17FN2O2. The number of nitrogens with one attached hydrogen (secondary N) is 1. The van der Waals surface area contributed by atoms with Crippen LogP contribution in [0.1, 0.15) is 19.4 Å². The van der Waals surface area contributed by atoms with Gasteiger partial charge in [0.25, 0.3) is 0 Å². The van der Waals surface area contributed by atoms with Crippen LogP contribution in [0, 0.1) is 17.1 Å². The topological polar surface area (TPSA) is 65.3 Å². The summed E-state index contributed by atoms with van der Waals surface area (Å²) in [4.78, 5) is 0. The van der Waals surface area contributed by atoms with E-state index in [9.17, 15) is 9.50 Å². The van der Waals surface area contributed by atoms with Crippen molar-refractivity contribution in [2.75, 3.05) is 18.5 Å². The molecule has 5 heteroatoms. The summed E-state index contributed by atoms with van der Waals surface area (Å²) in [5, 5.41) is 21.0. The second-order valence-corrected chi connectivity index (χ2v) is 4.22. The van der Waals surface area contributed by atoms with Gasteiger partial charge in [-0.3, -0.25) is 0 Å². The fraction of sp³-hybridized carbons (Fsp3) is 0.462. The maximum atomic E-state index is 13.5. The van der Waals surface area contributed by atoms with Crippen LogP contribution in [-0.4, -0.2) is 30.5 Å². The Kier molecular flexibility index (Phi) is 5.56. The first-order valence-corrected chi connectivity index (χ1v) is 5.76. The summed E-state index contributed by atoms with van der Waals surface area (Å²) < 4.78 is 18.7. The summed E-state index contributed by atoms with van der Waals surface area (Å²) >= 11 is 0. The van der Waals surface area contributed by atoms with E-state index in [0.29, 0.717) is 0 Å². The van der Waals surface area contributed by atoms with Crippen LogP contribution in [0.2, 0.25) is 0 Å². The zero-order valence-corrected chi connectivity index (χ0v) is 10.5. The first-order chi connectivity index (χ1) is 8.52. The molecule has 98 valence electrons. The van der Waals surface area contributed by atoms with E-state index < -0.39 is 11.9 Å². The van der Waals surface area contributed by atoms with Gasteiger partial charge in [0.15, 0.2) is 0 Å². The monoisotopic (exact) mass is 252 g/mol. The number of aliphatic hydroxyl groups excluding tert-OH is 1. The Morgan fingerprint density at radius 3 is 2.78 bits per heavy atom. The van der Waals surface area contributed by atoms with E-state index in [1.54, 1.807) is 0 Å². The van der Waals surface area contributed by atoms with Crippen molar-refractivity contribution in [1.29, 1.82) is 5.26 Å². The average molecular weight is 252 g/mol. The molecule has 1 atom stereocenters. The van der Waals surface area contributed by atoms with Gasteiger partial charge in [-0.2, -0.15) is 5.26 Å². The molecule has 0 aliphatic rings. The number of rotatable bonds is 6. The zero-order chi connectivity index (χ0) is 13.5. The maximum Gasteiger partial charge on any atom is 0.147 e. The predicted octanol–water partition coefficient (Wildman–Crippen LogP) is 1.90. The Labute approximate surface area is 106 Å². The fourth-order valence-corrected chi connectivity index (χ4v) is 1.32. The van der Waals surface area contributed by atoms with Crippen molar-refractivity contribution < 1.29 is 14.2 Å². The molecule has 0 saturated heterocycles. The molecule has 0 aliphatic carbocycles. The first kappa shape index (κ1) is 14.4. The zero-order valence-electron chi connectivity index (χ0n) is 10.5. The molecule has 0 aliphatic heterocycles. The van der Waals surface area contributed by atoms with E-state index in [-0.39, 0.29) is 30.5 Å². The normalized spacial score (nSPS) is 12.2. The van der Waals surface area contributed by atoms with Crippen molar-refractivity contribution in [3.05, 3.63) is 29.6 Å². The summed E-state index contributed by atoms with van der Waals surface area (Å²) in [5.41, 5.74) is 0.527. The van der Waals surface area contributed by atoms with Crippen LogP contribution in [0.5, 0.6) is 0 Å². The third kappa shape index (κ3) is 4.70. The third-order valence-electron chi connectivity index (χ3n) is 2.25. The second kappa shape index (κ2) is 6.94. The molecule has 1 unspecified atom stereocenters. The highest BCUT2D eigenvalue weighted by molar-refractivity contribution is 5.48. The molecule has 0 heterocycles. The van der Waals surface area contributed by atoms with E-state index in [2.05, 4.69) is 5.32 Å². The molecular weight excluding hydrogens is 235 g/mol. The minimum Gasteiger partial charge on any atom is -0.389 e. The van der Waals surface area contributed by atoms with Gasteiger partial charge in [-0.25, -0.2) is 4.39 Å². The minimum absolute atomic E-state index is 0.0475. The van der Waals surface area contributed by atoms with Crippen LogP contribution in [0.15, 0.2) is 18.2 Å². The summed E-state index contributed by atoms with van der Waals surface area (Å²) in [6, 6.07) is 6.00. The van der Waals surface area contributed by atoms with Crippen molar-refractivity contribution in [3.63, 3.8) is 0 Å². The highest BCUT2D eigenvalue weighted by atomic mass is 19.1. The lowest BCUT2D eigenvalue weighted by Gasteiger charge is -2.15. The number of hydrogen-bond acceptors (Lipinski definition) is 4. The van der Waals surface area contributed by atoms with E-state index in [1.165, 1.54) is 12.1 Å². The Balaban J connectivity index is 2.46. The first-order valence-electron chi connectivity index (χ1n) is 5.76. The molecule has 1 aromatic rings. The number of halogens is 1. The van der Waals surface area contributed by atoms with Gasteiger partial charge in [0.05, 0.1) is 36.1 Å². The molecule has 4 nitrogen and oxygen atoms in total. The number of hydrogen-bond donors (Lipinski definition) is 2. The molecule has 0 saturated carbocycles. The maximum absolute atomic E-state index is 13.5. The van der Waals surface area contributed by atoms with Gasteiger partial charge >= 0.3 is 0 Å². The second-order valence-electron chi connectivity index (χ2n) is 4.22. The number of benzene rings is 1. The van der Waals surface area contributed by atoms with Gasteiger partial charge in [-0.1, -0.05) is 0 Å². The highest BCUT2D eigenvalue weighted by Crippen LogP contribution is 2.15. The van der Waals surface area contributed by atoms with E-state index in [4.69, 9.17) is 10.00 Å². The lowest BCUT2D eigenvalue weighted by Crippen LogP contribution is -2.26. The summed E-state index contributed by atoms with van der Waals surface area (Å²) in [6.07, 6.45) is -0.659. The molecule has 0 amide bonds. The fourth-order valence-electron chi connectivity index (χ4n) is 1.32. The van der Waals surface area contributed by atoms with Crippen LogP contribution in [0.3, 0.4) is 0 Å². The van der Waals surface area contributed by atoms with Crippen LogP contribution in [-0.2, 0) is 4.74 Å². The van der Waals surface area contributed by atoms with Crippen LogP contribution in [0.4, 0.5) is 10.1 Å². The van der Waals surface area contributed by atoms with Gasteiger partial charge < -0.3 is 15.2 Å². The van der Waals surface area contributed by atoms with Crippen molar-refractivity contribution >= 4 is 5.69 Å². The van der Waals surface area contributed by atoms with E-state index in [0.717, 1.165) is 6.07 Å². The van der Waals surface area contributed by atoms with Gasteiger partial charge in [0.1, 0.15) is 5.82 Å². The number of nitriles is 1. The largest absolute Gasteiger partial charge is 0.389 e. The van der Waals surface area contributed by atoms with Gasteiger partial charge in [-0.05, 0) is 32.0 Å². The standard InChI is InChI=1S/C13H17FN2O2/c1-9(2)18-8-11(17)7-16-13-4-3-10(6-15)5-12(13)14/h3-5,9,11,16-17H,7-8H2,1-2H3. The summed E-state index contributed by atoms with van der Waals surface area (Å²) in [7, 11) is 0. The third-order valence-corrected chi connectivity index (χ3v) is 2.25. The lowest BCUT2D eigenvalue weighted by molar-refractivity contribution is 0.0112. The highest BCUT2D eigenvalue weighted by Gasteiger charge is 2.08. The van der Waals surface area contributed by atoms with Crippen molar-refractivity contribution in [2.45, 2.75) is 26.1 Å². The quantitative estimate of drug-likeness (QED) is 0.811. The molecule has 0 fully saturated rings. The summed E-state index contributed by atoms with van der Waals surface area (Å²) in [6.45, 7) is 4.14. The predicted molar refractivity (Wildman–Crippen MR) is 66.7 cm³/mol. The Morgan fingerprint density at radius 2 is 2.22 bits per heavy atom. The Hall–Kier alpha value is -1.64. The smallest absolute Gasteiger partial charge is 0.147 e. The SMILES string of the molecule is CC(C)OCC(O)CNc1ccc(C#N)cc1F. The number of aliphatic hydroxyl groups is 1. The molecule has 0 bridgehead atoms. The summed E-state index contributed by atoms with van der Waals surface area (Å²) in [5.74, 6) is -0.508. The lowest BCUT2D eigenvalue weighted by atomic mass is 10.2. The average Bonchev–Trinajstić information content (AvgIpc) is 2.34. The molecule has 0 radical (unpaired) electrons. The van der Waals surface area contributed by atoms with Crippen molar-refractivity contribution in [3.8, 4) is 6.07 Å². The molecule has 0 aromatic heterocycles. The van der Waals surface area contributed by atoms with Crippen LogP contribution in [0.25, 0.3) is 0 Å². The minimum atomic E-state index is -0.706. The molecule has 1 aromatic carbocycles. The van der Waals surface area contributed by atoms with Crippen LogP contribution < -0.4 is 5.32 Å². The van der Waals surface area contributed by atoms with Crippen LogP contribution >= 0.6 is 0 Å². The Morgan fingerprint density at radius 1 is 1.50 bits per heavy atom. The number of anilines is 1. The molecule has 18 heavy (non-hydrogen) atoms. The van der Waals surface area contributed by atoms with E-state index >= 15 is 0 Å².